The van der Waals surface area contributed by atoms with Gasteiger partial charge < -0.3 is 14.6 Å². The maximum Gasteiger partial charge on any atom is 0.164 e. The molecule has 0 aromatic heterocycles. The molecule has 3 rings (SSSR count). The third kappa shape index (κ3) is 4.43. The molecule has 0 bridgehead atoms. The molecule has 3 nitrogen and oxygen atoms in total. The second-order valence-electron chi connectivity index (χ2n) is 5.74. The second kappa shape index (κ2) is 7.91. The van der Waals surface area contributed by atoms with Gasteiger partial charge in [-0.2, -0.15) is 0 Å². The van der Waals surface area contributed by atoms with Crippen molar-refractivity contribution in [2.75, 3.05) is 12.8 Å². The van der Waals surface area contributed by atoms with Gasteiger partial charge in [0.25, 0.3) is 0 Å². The van der Waals surface area contributed by atoms with Crippen molar-refractivity contribution in [3.63, 3.8) is 0 Å². The minimum atomic E-state index is -1.09. The Bertz CT molecular complexity index is 681. The van der Waals surface area contributed by atoms with Gasteiger partial charge in [0.1, 0.15) is 6.10 Å². The van der Waals surface area contributed by atoms with Gasteiger partial charge in [-0.3, -0.25) is 0 Å². The summed E-state index contributed by atoms with van der Waals surface area (Å²) in [5.41, 5.74) is 0. The maximum absolute atomic E-state index is 13.3. The smallest absolute Gasteiger partial charge is 0.164 e. The molecule has 0 aliphatic carbocycles. The van der Waals surface area contributed by atoms with Crippen LogP contribution in [0.2, 0.25) is 0 Å². The van der Waals surface area contributed by atoms with E-state index < -0.39 is 11.6 Å². The quantitative estimate of drug-likeness (QED) is 0.836. The van der Waals surface area contributed by atoms with E-state index in [1.165, 1.54) is 5.30 Å². The highest BCUT2D eigenvalue weighted by Crippen LogP contribution is 2.32. The third-order valence-corrected chi connectivity index (χ3v) is 5.32. The molecule has 1 heterocycles. The molecule has 1 aliphatic heterocycles. The fraction of sp³-hybridized carbons (Fsp3) is 0.333. The van der Waals surface area contributed by atoms with Crippen molar-refractivity contribution in [1.29, 1.82) is 0 Å². The molecule has 0 saturated carbocycles. The van der Waals surface area contributed by atoms with E-state index in [1.54, 1.807) is 0 Å². The molecule has 1 unspecified atom stereocenters. The van der Waals surface area contributed by atoms with E-state index in [0.717, 1.165) is 18.3 Å². The predicted molar refractivity (Wildman–Crippen MR) is 90.7 cm³/mol. The zero-order chi connectivity index (χ0) is 16.9. The lowest BCUT2D eigenvalue weighted by molar-refractivity contribution is -0.0237. The summed E-state index contributed by atoms with van der Waals surface area (Å²) in [5, 5.41) is 11.0. The van der Waals surface area contributed by atoms with E-state index in [4.69, 9.17) is 9.47 Å². The predicted octanol–water partition coefficient (Wildman–Crippen LogP) is 3.60. The van der Waals surface area contributed by atoms with Gasteiger partial charge in [-0.15, -0.1) is 0 Å². The van der Waals surface area contributed by atoms with E-state index in [0.29, 0.717) is 28.0 Å². The number of phenols is 1. The molecule has 0 spiro atoms. The first-order chi connectivity index (χ1) is 11.6. The number of phenolic OH excluding ortho intramolecular Hbond substituents is 1. The zero-order valence-corrected chi connectivity index (χ0v) is 14.0. The maximum atomic E-state index is 13.3. The first-order valence-corrected chi connectivity index (χ1v) is 9.07. The molecule has 2 aromatic carbocycles. The van der Waals surface area contributed by atoms with Crippen molar-refractivity contribution < 1.29 is 23.4 Å². The fourth-order valence-corrected chi connectivity index (χ4v) is 3.85. The van der Waals surface area contributed by atoms with Crippen molar-refractivity contribution in [2.45, 2.75) is 25.0 Å². The van der Waals surface area contributed by atoms with E-state index in [-0.39, 0.29) is 23.7 Å². The molecule has 0 radical (unpaired) electrons. The molecule has 1 saturated heterocycles. The first kappa shape index (κ1) is 17.1. The molecule has 128 valence electrons. The molecule has 3 atom stereocenters. The van der Waals surface area contributed by atoms with Crippen molar-refractivity contribution >= 4 is 13.9 Å². The monoisotopic (exact) mass is 352 g/mol. The molecule has 24 heavy (non-hydrogen) atoms. The van der Waals surface area contributed by atoms with Crippen LogP contribution < -0.4 is 10.0 Å². The molecule has 1 aliphatic rings. The highest BCUT2D eigenvalue weighted by atomic mass is 31.1. The summed E-state index contributed by atoms with van der Waals surface area (Å²) in [5.74, 6) is -2.53. The van der Waals surface area contributed by atoms with Crippen molar-refractivity contribution in [2.24, 2.45) is 0 Å². The van der Waals surface area contributed by atoms with Gasteiger partial charge in [-0.1, -0.05) is 38.9 Å². The third-order valence-electron chi connectivity index (χ3n) is 3.92. The number of halogens is 2. The molecule has 2 aromatic rings. The summed E-state index contributed by atoms with van der Waals surface area (Å²) in [6.45, 7) is 0.555. The number of rotatable bonds is 5. The Labute approximate surface area is 141 Å². The normalized spacial score (nSPS) is 21.2. The lowest BCUT2D eigenvalue weighted by atomic mass is 10.1. The zero-order valence-electron chi connectivity index (χ0n) is 13.0. The van der Waals surface area contributed by atoms with Crippen LogP contribution in [0.3, 0.4) is 0 Å². The van der Waals surface area contributed by atoms with Gasteiger partial charge in [0.2, 0.25) is 0 Å². The summed E-state index contributed by atoms with van der Waals surface area (Å²) in [7, 11) is 0.647. The van der Waals surface area contributed by atoms with Gasteiger partial charge in [-0.05, 0) is 11.5 Å². The fourth-order valence-electron chi connectivity index (χ4n) is 2.67. The lowest BCUT2D eigenvalue weighted by Crippen LogP contribution is -2.34. The molecular weight excluding hydrogens is 333 g/mol. The molecular formula is C18H19F2O3P. The van der Waals surface area contributed by atoms with Crippen LogP contribution in [-0.2, 0) is 4.74 Å². The van der Waals surface area contributed by atoms with Crippen LogP contribution in [0.1, 0.15) is 12.8 Å². The van der Waals surface area contributed by atoms with Crippen LogP contribution in [0, 0.1) is 11.6 Å². The van der Waals surface area contributed by atoms with E-state index in [2.05, 4.69) is 12.1 Å². The Hall–Kier alpha value is -1.71. The summed E-state index contributed by atoms with van der Waals surface area (Å²) in [6, 6.07) is 11.8. The average molecular weight is 352 g/mol. The van der Waals surface area contributed by atoms with E-state index in [1.807, 2.05) is 18.2 Å². The first-order valence-electron chi connectivity index (χ1n) is 7.87. The van der Waals surface area contributed by atoms with Gasteiger partial charge >= 0.3 is 0 Å². The summed E-state index contributed by atoms with van der Waals surface area (Å²) in [4.78, 5) is 0. The second-order valence-corrected chi connectivity index (χ2v) is 7.08. The molecule has 6 heteroatoms. The van der Waals surface area contributed by atoms with Gasteiger partial charge in [-0.25, -0.2) is 8.78 Å². The summed E-state index contributed by atoms with van der Waals surface area (Å²) < 4.78 is 37.8. The number of benzene rings is 2. The van der Waals surface area contributed by atoms with Gasteiger partial charge in [0, 0.05) is 25.0 Å². The Morgan fingerprint density at radius 3 is 2.71 bits per heavy atom. The van der Waals surface area contributed by atoms with Crippen molar-refractivity contribution in [3.8, 4) is 11.5 Å². The van der Waals surface area contributed by atoms with Crippen LogP contribution in [0.5, 0.6) is 11.5 Å². The lowest BCUT2D eigenvalue weighted by Gasteiger charge is -2.30. The molecule has 0 amide bonds. The standard InChI is InChI=1S/C18H19F2O3P/c19-15-9-17(21)18(10-16(15)20)23-12-6-7-22-13(8-12)11-24-14-4-2-1-3-5-14/h1-5,9-10,12-13,21,24H,6-8,11H2/t12-,13+/m1/s1. The number of hydrogen-bond donors (Lipinski definition) is 1. The van der Waals surface area contributed by atoms with Gasteiger partial charge in [0.05, 0.1) is 12.7 Å². The Kier molecular flexibility index (Phi) is 5.64. The number of hydrogen-bond acceptors (Lipinski definition) is 3. The molecule has 1 fully saturated rings. The number of aromatic hydroxyl groups is 1. The van der Waals surface area contributed by atoms with Crippen LogP contribution in [0.15, 0.2) is 42.5 Å². The van der Waals surface area contributed by atoms with Crippen LogP contribution in [0.25, 0.3) is 0 Å². The Morgan fingerprint density at radius 2 is 1.92 bits per heavy atom. The largest absolute Gasteiger partial charge is 0.504 e. The topological polar surface area (TPSA) is 38.7 Å². The average Bonchev–Trinajstić information content (AvgIpc) is 2.59. The van der Waals surface area contributed by atoms with Gasteiger partial charge in [0.15, 0.2) is 23.1 Å². The van der Waals surface area contributed by atoms with Crippen LogP contribution >= 0.6 is 8.58 Å². The van der Waals surface area contributed by atoms with Crippen LogP contribution in [0.4, 0.5) is 8.78 Å². The van der Waals surface area contributed by atoms with E-state index >= 15 is 0 Å². The minimum absolute atomic E-state index is 0.0231. The van der Waals surface area contributed by atoms with Crippen molar-refractivity contribution in [1.82, 2.24) is 0 Å². The highest BCUT2D eigenvalue weighted by Gasteiger charge is 2.25. The summed E-state index contributed by atoms with van der Waals surface area (Å²) in [6.07, 6.45) is 2.10. The van der Waals surface area contributed by atoms with E-state index in [9.17, 15) is 13.9 Å². The van der Waals surface area contributed by atoms with Crippen molar-refractivity contribution in [3.05, 3.63) is 54.1 Å². The minimum Gasteiger partial charge on any atom is -0.504 e. The Morgan fingerprint density at radius 1 is 1.17 bits per heavy atom. The highest BCUT2D eigenvalue weighted by molar-refractivity contribution is 7.47. The SMILES string of the molecule is Oc1cc(F)c(F)cc1O[C@@H]1CCO[C@H](CPc2ccccc2)C1. The Balaban J connectivity index is 1.56. The summed E-state index contributed by atoms with van der Waals surface area (Å²) >= 11 is 0. The van der Waals surface area contributed by atoms with Crippen LogP contribution in [-0.4, -0.2) is 30.1 Å². The molecule has 1 N–H and O–H groups in total. The number of ether oxygens (including phenoxy) is 2.